The van der Waals surface area contributed by atoms with Gasteiger partial charge < -0.3 is 4.74 Å². The molecule has 0 N–H and O–H groups in total. The molecule has 0 aliphatic carbocycles. The molecule has 0 atom stereocenters. The Morgan fingerprint density at radius 2 is 2.00 bits per heavy atom. The number of hydrogen-bond acceptors (Lipinski definition) is 6. The lowest BCUT2D eigenvalue weighted by Gasteiger charge is -2.09. The molecule has 4 rings (SSSR count). The summed E-state index contributed by atoms with van der Waals surface area (Å²) in [6.45, 7) is 1.68. The number of rotatable bonds is 5. The molecule has 0 saturated carbocycles. The summed E-state index contributed by atoms with van der Waals surface area (Å²) in [7, 11) is 0. The molecular weight excluding hydrogens is 386 g/mol. The fourth-order valence-corrected chi connectivity index (χ4v) is 3.62. The summed E-state index contributed by atoms with van der Waals surface area (Å²) in [5.74, 6) is -0.532. The minimum Gasteiger partial charge on any atom is -0.439 e. The number of aryl methyl sites for hydroxylation is 1. The Morgan fingerprint density at radius 1 is 1.14 bits per heavy atom. The van der Waals surface area contributed by atoms with Crippen LogP contribution in [0.2, 0.25) is 0 Å². The Hall–Kier alpha value is -3.58. The molecular formula is C22H17N3O3S. The van der Waals surface area contributed by atoms with Crippen molar-refractivity contribution in [2.45, 2.75) is 13.7 Å². The number of ether oxygens (including phenoxy) is 1. The minimum atomic E-state index is -0.532. The number of fused-ring (bicyclic) bond motifs is 1. The standard InChI is InChI=1S/C22H17N3O3S/c1-15-6-4-7-16(12-15)13-18(20-10-5-11-29-20)22(27)28-14-25-21(26)17-8-2-3-9-19(17)23-24-25/h2-13H,14H2,1H3/b18-13+. The highest BCUT2D eigenvalue weighted by Crippen LogP contribution is 2.24. The number of aromatic nitrogens is 3. The summed E-state index contributed by atoms with van der Waals surface area (Å²) in [6, 6.07) is 18.5. The van der Waals surface area contributed by atoms with E-state index < -0.39 is 5.97 Å². The maximum atomic E-state index is 12.8. The number of hydrogen-bond donors (Lipinski definition) is 0. The molecule has 0 aliphatic heterocycles. The van der Waals surface area contributed by atoms with Crippen molar-refractivity contribution in [3.8, 4) is 0 Å². The number of thiophene rings is 1. The minimum absolute atomic E-state index is 0.313. The van der Waals surface area contributed by atoms with Gasteiger partial charge in [-0.05, 0) is 42.1 Å². The first-order valence-corrected chi connectivity index (χ1v) is 9.82. The van der Waals surface area contributed by atoms with Crippen molar-refractivity contribution in [1.82, 2.24) is 15.0 Å². The summed E-state index contributed by atoms with van der Waals surface area (Å²) in [6.07, 6.45) is 1.79. The van der Waals surface area contributed by atoms with Crippen molar-refractivity contribution in [1.29, 1.82) is 0 Å². The Labute approximate surface area is 170 Å². The first-order valence-electron chi connectivity index (χ1n) is 8.94. The molecule has 0 saturated heterocycles. The Balaban J connectivity index is 1.61. The van der Waals surface area contributed by atoms with E-state index >= 15 is 0 Å². The number of carbonyl (C=O) groups is 1. The number of nitrogens with zero attached hydrogens (tertiary/aromatic N) is 3. The summed E-state index contributed by atoms with van der Waals surface area (Å²) >= 11 is 1.44. The van der Waals surface area contributed by atoms with Gasteiger partial charge in [-0.2, -0.15) is 4.68 Å². The third-order valence-corrected chi connectivity index (χ3v) is 5.21. The van der Waals surface area contributed by atoms with E-state index in [1.54, 1.807) is 30.3 Å². The van der Waals surface area contributed by atoms with Crippen LogP contribution in [0.15, 0.2) is 70.8 Å². The summed E-state index contributed by atoms with van der Waals surface area (Å²) < 4.78 is 6.45. The molecule has 2 aromatic heterocycles. The highest BCUT2D eigenvalue weighted by atomic mass is 32.1. The van der Waals surface area contributed by atoms with Gasteiger partial charge in [0.05, 0.1) is 11.0 Å². The normalized spacial score (nSPS) is 11.6. The van der Waals surface area contributed by atoms with Crippen molar-refractivity contribution in [2.24, 2.45) is 0 Å². The van der Waals surface area contributed by atoms with E-state index in [1.807, 2.05) is 48.7 Å². The SMILES string of the molecule is Cc1cccc(/C=C(/C(=O)OCn2nnc3ccccc3c2=O)c2cccs2)c1. The van der Waals surface area contributed by atoms with E-state index in [0.717, 1.165) is 20.7 Å². The topological polar surface area (TPSA) is 74.1 Å². The van der Waals surface area contributed by atoms with E-state index in [9.17, 15) is 9.59 Å². The lowest BCUT2D eigenvalue weighted by atomic mass is 10.1. The van der Waals surface area contributed by atoms with Crippen LogP contribution < -0.4 is 5.56 Å². The van der Waals surface area contributed by atoms with E-state index in [-0.39, 0.29) is 12.3 Å². The lowest BCUT2D eigenvalue weighted by molar-refractivity contribution is -0.140. The van der Waals surface area contributed by atoms with Crippen LogP contribution in [-0.4, -0.2) is 21.0 Å². The molecule has 0 amide bonds. The average molecular weight is 403 g/mol. The van der Waals surface area contributed by atoms with Crippen LogP contribution in [0.5, 0.6) is 0 Å². The summed E-state index contributed by atoms with van der Waals surface area (Å²) in [4.78, 5) is 26.1. The van der Waals surface area contributed by atoms with E-state index in [2.05, 4.69) is 10.3 Å². The first kappa shape index (κ1) is 18.8. The highest BCUT2D eigenvalue weighted by molar-refractivity contribution is 7.11. The summed E-state index contributed by atoms with van der Waals surface area (Å²) in [5, 5.41) is 10.2. The molecule has 0 aliphatic rings. The van der Waals surface area contributed by atoms with Crippen molar-refractivity contribution in [2.75, 3.05) is 0 Å². The van der Waals surface area contributed by atoms with E-state index in [1.165, 1.54) is 11.3 Å². The maximum absolute atomic E-state index is 12.8. The zero-order chi connectivity index (χ0) is 20.2. The molecule has 0 radical (unpaired) electrons. The van der Waals surface area contributed by atoms with E-state index in [4.69, 9.17) is 4.74 Å². The molecule has 0 spiro atoms. The monoisotopic (exact) mass is 403 g/mol. The summed E-state index contributed by atoms with van der Waals surface area (Å²) in [5.41, 5.74) is 2.55. The molecule has 0 unspecified atom stereocenters. The molecule has 144 valence electrons. The molecule has 2 aromatic carbocycles. The van der Waals surface area contributed by atoms with Gasteiger partial charge in [-0.3, -0.25) is 4.79 Å². The molecule has 4 aromatic rings. The zero-order valence-corrected chi connectivity index (χ0v) is 16.4. The van der Waals surface area contributed by atoms with Gasteiger partial charge in [-0.25, -0.2) is 4.79 Å². The fourth-order valence-electron chi connectivity index (χ4n) is 2.89. The molecule has 0 fully saturated rings. The van der Waals surface area contributed by atoms with Crippen LogP contribution in [0.3, 0.4) is 0 Å². The number of benzene rings is 2. The van der Waals surface area contributed by atoms with Gasteiger partial charge in [0.2, 0.25) is 0 Å². The lowest BCUT2D eigenvalue weighted by Crippen LogP contribution is -2.26. The number of carbonyl (C=O) groups excluding carboxylic acids is 1. The van der Waals surface area contributed by atoms with Gasteiger partial charge in [-0.15, -0.1) is 16.4 Å². The third-order valence-electron chi connectivity index (χ3n) is 4.31. The second-order valence-electron chi connectivity index (χ2n) is 6.42. The predicted molar refractivity (Wildman–Crippen MR) is 113 cm³/mol. The van der Waals surface area contributed by atoms with Gasteiger partial charge in [0.1, 0.15) is 5.52 Å². The van der Waals surface area contributed by atoms with Crippen LogP contribution >= 0.6 is 11.3 Å². The molecule has 0 bridgehead atoms. The molecule has 29 heavy (non-hydrogen) atoms. The second-order valence-corrected chi connectivity index (χ2v) is 7.37. The average Bonchev–Trinajstić information content (AvgIpc) is 3.26. The van der Waals surface area contributed by atoms with Crippen LogP contribution in [0.4, 0.5) is 0 Å². The van der Waals surface area contributed by atoms with Crippen molar-refractivity contribution in [3.05, 3.63) is 92.4 Å². The predicted octanol–water partition coefficient (Wildman–Crippen LogP) is 3.90. The zero-order valence-electron chi connectivity index (χ0n) is 15.6. The smallest absolute Gasteiger partial charge is 0.341 e. The van der Waals surface area contributed by atoms with Crippen molar-refractivity contribution < 1.29 is 9.53 Å². The highest BCUT2D eigenvalue weighted by Gasteiger charge is 2.16. The first-order chi connectivity index (χ1) is 14.1. The Morgan fingerprint density at radius 3 is 2.79 bits per heavy atom. The maximum Gasteiger partial charge on any atom is 0.341 e. The quantitative estimate of drug-likeness (QED) is 0.373. The van der Waals surface area contributed by atoms with Crippen LogP contribution in [0, 0.1) is 6.92 Å². The molecule has 2 heterocycles. The van der Waals surface area contributed by atoms with Gasteiger partial charge in [0.15, 0.2) is 6.73 Å². The van der Waals surface area contributed by atoms with Crippen LogP contribution in [0.1, 0.15) is 16.0 Å². The van der Waals surface area contributed by atoms with Crippen molar-refractivity contribution >= 4 is 39.9 Å². The number of esters is 1. The van der Waals surface area contributed by atoms with Crippen LogP contribution in [-0.2, 0) is 16.3 Å². The van der Waals surface area contributed by atoms with Crippen LogP contribution in [0.25, 0.3) is 22.6 Å². The Kier molecular flexibility index (Phi) is 5.31. The third kappa shape index (κ3) is 4.14. The molecule has 7 heteroatoms. The van der Waals surface area contributed by atoms with Crippen molar-refractivity contribution in [3.63, 3.8) is 0 Å². The largest absolute Gasteiger partial charge is 0.439 e. The second kappa shape index (κ2) is 8.20. The van der Waals surface area contributed by atoms with E-state index in [0.29, 0.717) is 16.5 Å². The Bertz CT molecular complexity index is 1260. The van der Waals surface area contributed by atoms with Gasteiger partial charge >= 0.3 is 5.97 Å². The molecule has 6 nitrogen and oxygen atoms in total. The fraction of sp³-hybridized carbons (Fsp3) is 0.0909. The van der Waals surface area contributed by atoms with Gasteiger partial charge in [-0.1, -0.05) is 53.2 Å². The van der Waals surface area contributed by atoms with Gasteiger partial charge in [0.25, 0.3) is 5.56 Å². The van der Waals surface area contributed by atoms with Gasteiger partial charge in [0, 0.05) is 4.88 Å².